The van der Waals surface area contributed by atoms with Gasteiger partial charge in [0.25, 0.3) is 5.91 Å². The molecule has 6 nitrogen and oxygen atoms in total. The van der Waals surface area contributed by atoms with Gasteiger partial charge < -0.3 is 19.9 Å². The van der Waals surface area contributed by atoms with Gasteiger partial charge in [-0.3, -0.25) is 9.59 Å². The smallest absolute Gasteiger partial charge is 0.255 e. The Kier molecular flexibility index (Phi) is 4.64. The molecule has 0 aliphatic heterocycles. The number of hydrogen-bond acceptors (Lipinski definition) is 5. The van der Waals surface area contributed by atoms with Crippen molar-refractivity contribution in [2.75, 3.05) is 0 Å². The fraction of sp³-hybridized carbons (Fsp3) is 0.429. The summed E-state index contributed by atoms with van der Waals surface area (Å²) in [5.41, 5.74) is 1.65. The second kappa shape index (κ2) is 7.10. The summed E-state index contributed by atoms with van der Waals surface area (Å²) in [5, 5.41) is 22.5. The van der Waals surface area contributed by atoms with Crippen molar-refractivity contribution in [2.24, 2.45) is 0 Å². The summed E-state index contributed by atoms with van der Waals surface area (Å²) in [6.45, 7) is 0. The molecule has 1 fully saturated rings. The zero-order valence-electron chi connectivity index (χ0n) is 15.0. The lowest BCUT2D eigenvalue weighted by atomic mass is 9.81. The van der Waals surface area contributed by atoms with Gasteiger partial charge in [0.15, 0.2) is 5.78 Å². The molecule has 6 heteroatoms. The van der Waals surface area contributed by atoms with Gasteiger partial charge in [-0.05, 0) is 49.7 Å². The summed E-state index contributed by atoms with van der Waals surface area (Å²) in [5.74, 6) is 0.749. The van der Waals surface area contributed by atoms with E-state index in [0.29, 0.717) is 29.7 Å². The van der Waals surface area contributed by atoms with Gasteiger partial charge >= 0.3 is 0 Å². The summed E-state index contributed by atoms with van der Waals surface area (Å²) >= 11 is 0. The van der Waals surface area contributed by atoms with Crippen LogP contribution in [0.3, 0.4) is 0 Å². The van der Waals surface area contributed by atoms with E-state index >= 15 is 0 Å². The zero-order chi connectivity index (χ0) is 19.0. The molecule has 142 valence electrons. The number of benzene rings is 1. The maximum Gasteiger partial charge on any atom is 0.255 e. The minimum atomic E-state index is -0.244. The molecule has 2 aliphatic rings. The van der Waals surface area contributed by atoms with Crippen molar-refractivity contribution in [3.05, 3.63) is 46.9 Å². The molecule has 0 unspecified atom stereocenters. The number of carbonyl (C=O) groups is 2. The van der Waals surface area contributed by atoms with Crippen LogP contribution in [-0.2, 0) is 6.42 Å². The Labute approximate surface area is 157 Å². The Hall–Kier alpha value is -2.76. The molecule has 0 saturated heterocycles. The standard InChI is InChI=1S/C21H23NO5/c23-14-8-9-15(18(25)10-14)12-4-6-13(7-5-12)22-21(26)16-11-27-19-3-1-2-17(24)20(16)19/h8-13,23,25H,1-7H2,(H,22,26). The van der Waals surface area contributed by atoms with Crippen LogP contribution >= 0.6 is 0 Å². The Morgan fingerprint density at radius 1 is 1.11 bits per heavy atom. The summed E-state index contributed by atoms with van der Waals surface area (Å²) in [6.07, 6.45) is 6.62. The minimum absolute atomic E-state index is 0.0123. The van der Waals surface area contributed by atoms with E-state index in [-0.39, 0.29) is 35.1 Å². The number of rotatable bonds is 3. The average molecular weight is 369 g/mol. The summed E-state index contributed by atoms with van der Waals surface area (Å²) in [4.78, 5) is 24.8. The van der Waals surface area contributed by atoms with Crippen LogP contribution in [0.1, 0.15) is 76.5 Å². The number of furan rings is 1. The van der Waals surface area contributed by atoms with Gasteiger partial charge in [-0.15, -0.1) is 0 Å². The van der Waals surface area contributed by atoms with Gasteiger partial charge in [-0.2, -0.15) is 0 Å². The predicted octanol–water partition coefficient (Wildman–Crippen LogP) is 3.67. The average Bonchev–Trinajstić information content (AvgIpc) is 3.08. The summed E-state index contributed by atoms with van der Waals surface area (Å²) in [7, 11) is 0. The number of ketones is 1. The maximum absolute atomic E-state index is 12.6. The number of phenolic OH excluding ortho intramolecular Hbond substituents is 2. The number of phenols is 2. The number of aryl methyl sites for hydroxylation is 1. The zero-order valence-corrected chi connectivity index (χ0v) is 15.0. The van der Waals surface area contributed by atoms with E-state index in [1.54, 1.807) is 12.1 Å². The normalized spacial score (nSPS) is 22.3. The second-order valence-electron chi connectivity index (χ2n) is 7.49. The van der Waals surface area contributed by atoms with Crippen LogP contribution in [0.15, 0.2) is 28.9 Å². The van der Waals surface area contributed by atoms with Crippen molar-refractivity contribution in [3.63, 3.8) is 0 Å². The maximum atomic E-state index is 12.6. The van der Waals surface area contributed by atoms with E-state index in [2.05, 4.69) is 5.32 Å². The molecule has 1 saturated carbocycles. The third-order valence-electron chi connectivity index (χ3n) is 5.71. The fourth-order valence-corrected chi connectivity index (χ4v) is 4.28. The number of aromatic hydroxyl groups is 2. The quantitative estimate of drug-likeness (QED) is 0.767. The fourth-order valence-electron chi connectivity index (χ4n) is 4.28. The van der Waals surface area contributed by atoms with Gasteiger partial charge in [0.05, 0.1) is 11.1 Å². The molecule has 0 bridgehead atoms. The molecule has 1 aromatic carbocycles. The van der Waals surface area contributed by atoms with Crippen LogP contribution in [0.25, 0.3) is 0 Å². The van der Waals surface area contributed by atoms with Crippen LogP contribution in [0.5, 0.6) is 11.5 Å². The SMILES string of the molecule is O=C(NC1CCC(c2ccc(O)cc2O)CC1)c1coc2c1C(=O)CCC2. The van der Waals surface area contributed by atoms with Crippen LogP contribution in [0, 0.1) is 0 Å². The van der Waals surface area contributed by atoms with E-state index in [1.165, 1.54) is 12.3 Å². The van der Waals surface area contributed by atoms with Gasteiger partial charge in [0, 0.05) is 24.9 Å². The second-order valence-corrected chi connectivity index (χ2v) is 7.49. The first-order chi connectivity index (χ1) is 13.0. The van der Waals surface area contributed by atoms with Crippen molar-refractivity contribution >= 4 is 11.7 Å². The lowest BCUT2D eigenvalue weighted by Crippen LogP contribution is -2.37. The molecule has 1 aromatic heterocycles. The topological polar surface area (TPSA) is 99.8 Å². The summed E-state index contributed by atoms with van der Waals surface area (Å²) < 4.78 is 5.44. The molecule has 0 atom stereocenters. The first-order valence-corrected chi connectivity index (χ1v) is 9.49. The monoisotopic (exact) mass is 369 g/mol. The third kappa shape index (κ3) is 3.44. The number of carbonyl (C=O) groups excluding carboxylic acids is 2. The third-order valence-corrected chi connectivity index (χ3v) is 5.71. The largest absolute Gasteiger partial charge is 0.508 e. The lowest BCUT2D eigenvalue weighted by molar-refractivity contribution is 0.0908. The predicted molar refractivity (Wildman–Crippen MR) is 98.2 cm³/mol. The first-order valence-electron chi connectivity index (χ1n) is 9.49. The number of amides is 1. The van der Waals surface area contributed by atoms with E-state index in [4.69, 9.17) is 4.42 Å². The highest BCUT2D eigenvalue weighted by atomic mass is 16.3. The van der Waals surface area contributed by atoms with Crippen LogP contribution in [-0.4, -0.2) is 27.9 Å². The molecule has 2 aromatic rings. The van der Waals surface area contributed by atoms with Crippen molar-refractivity contribution in [1.29, 1.82) is 0 Å². The molecule has 4 rings (SSSR count). The Balaban J connectivity index is 1.39. The molecule has 2 aliphatic carbocycles. The molecular formula is C21H23NO5. The first kappa shape index (κ1) is 17.6. The molecule has 1 amide bonds. The lowest BCUT2D eigenvalue weighted by Gasteiger charge is -2.29. The highest BCUT2D eigenvalue weighted by molar-refractivity contribution is 6.09. The van der Waals surface area contributed by atoms with E-state index in [1.807, 2.05) is 0 Å². The number of Topliss-reactive ketones (excluding diaryl/α,β-unsaturated/α-hetero) is 1. The van der Waals surface area contributed by atoms with Crippen molar-refractivity contribution < 1.29 is 24.2 Å². The minimum Gasteiger partial charge on any atom is -0.508 e. The summed E-state index contributed by atoms with van der Waals surface area (Å²) in [6, 6.07) is 4.75. The molecule has 3 N–H and O–H groups in total. The Bertz CT molecular complexity index is 877. The van der Waals surface area contributed by atoms with Crippen LogP contribution < -0.4 is 5.32 Å². The van der Waals surface area contributed by atoms with Crippen molar-refractivity contribution in [1.82, 2.24) is 5.32 Å². The van der Waals surface area contributed by atoms with Gasteiger partial charge in [0.1, 0.15) is 23.5 Å². The molecule has 27 heavy (non-hydrogen) atoms. The van der Waals surface area contributed by atoms with Crippen LogP contribution in [0.4, 0.5) is 0 Å². The highest BCUT2D eigenvalue weighted by Crippen LogP contribution is 2.38. The van der Waals surface area contributed by atoms with E-state index < -0.39 is 0 Å². The number of hydrogen-bond donors (Lipinski definition) is 3. The number of nitrogens with one attached hydrogen (secondary N) is 1. The molecule has 0 spiro atoms. The van der Waals surface area contributed by atoms with Crippen molar-refractivity contribution in [3.8, 4) is 11.5 Å². The number of fused-ring (bicyclic) bond motifs is 1. The van der Waals surface area contributed by atoms with Gasteiger partial charge in [-0.25, -0.2) is 0 Å². The van der Waals surface area contributed by atoms with E-state index in [9.17, 15) is 19.8 Å². The van der Waals surface area contributed by atoms with Crippen LogP contribution in [0.2, 0.25) is 0 Å². The van der Waals surface area contributed by atoms with Crippen molar-refractivity contribution in [2.45, 2.75) is 56.9 Å². The Morgan fingerprint density at radius 3 is 2.63 bits per heavy atom. The Morgan fingerprint density at radius 2 is 1.89 bits per heavy atom. The van der Waals surface area contributed by atoms with Gasteiger partial charge in [0.2, 0.25) is 0 Å². The van der Waals surface area contributed by atoms with Gasteiger partial charge in [-0.1, -0.05) is 6.07 Å². The van der Waals surface area contributed by atoms with E-state index in [0.717, 1.165) is 37.7 Å². The molecular weight excluding hydrogens is 346 g/mol. The molecule has 0 radical (unpaired) electrons. The molecule has 1 heterocycles. The highest BCUT2D eigenvalue weighted by Gasteiger charge is 2.30.